The summed E-state index contributed by atoms with van der Waals surface area (Å²) in [5.41, 5.74) is 4.37. The van der Waals surface area contributed by atoms with Crippen LogP contribution in [0, 0.1) is 0 Å². The normalized spacial score (nSPS) is 9.17. The Hall–Kier alpha value is -0.590. The number of nitrogens with zero attached hydrogens (tertiary/aromatic N) is 1. The third-order valence-electron chi connectivity index (χ3n) is 1.39. The quantitative estimate of drug-likeness (QED) is 0.317. The number of hydrogen-bond donors (Lipinski definition) is 2. The molecule has 98 valence electrons. The van der Waals surface area contributed by atoms with Gasteiger partial charge in [-0.3, -0.25) is 15.2 Å². The molecule has 0 bridgehead atoms. The molecule has 1 rings (SSSR count). The first-order chi connectivity index (χ1) is 6.99. The molecule has 1 aromatic rings. The number of aromatic nitrogens is 1. The van der Waals surface area contributed by atoms with Crippen LogP contribution in [0.1, 0.15) is 10.4 Å². The summed E-state index contributed by atoms with van der Waals surface area (Å²) in [4.78, 5) is 14.9. The second kappa shape index (κ2) is 10.3. The second-order valence-electron chi connectivity index (χ2n) is 2.57. The van der Waals surface area contributed by atoms with E-state index in [1.165, 1.54) is 24.5 Å². The summed E-state index contributed by atoms with van der Waals surface area (Å²) in [6, 6.07) is 2.89. The molecule has 18 heavy (non-hydrogen) atoms. The fourth-order valence-electron chi connectivity index (χ4n) is 0.780. The molecule has 0 unspecified atom stereocenters. The van der Waals surface area contributed by atoms with Crippen molar-refractivity contribution in [2.45, 2.75) is 0 Å². The van der Waals surface area contributed by atoms with Crippen LogP contribution in [0.4, 0.5) is 0 Å². The van der Waals surface area contributed by atoms with E-state index >= 15 is 0 Å². The van der Waals surface area contributed by atoms with Crippen LogP contribution in [0.25, 0.3) is 0 Å². The van der Waals surface area contributed by atoms with E-state index in [1.54, 1.807) is 0 Å². The molecule has 1 heterocycles. The summed E-state index contributed by atoms with van der Waals surface area (Å²) < 4.78 is 30.5. The van der Waals surface area contributed by atoms with Crippen molar-refractivity contribution < 1.29 is 58.3 Å². The van der Waals surface area contributed by atoms with E-state index < -0.39 is 21.9 Å². The van der Waals surface area contributed by atoms with Crippen LogP contribution in [0.15, 0.2) is 24.5 Å². The predicted molar refractivity (Wildman–Crippen MR) is 56.6 cm³/mol. The van der Waals surface area contributed by atoms with E-state index in [2.05, 4.69) is 10.4 Å². The molecule has 0 radical (unpaired) electrons. The molecule has 0 saturated carbocycles. The standard InChI is InChI=1S/C7H9N3O4S.Na.2H2O/c11-7(6-1-3-8-4-2-6)10-9-5-15(12,13)14;;;/h1-4,9H,5H2,(H,10,11)(H,12,13,14);;2*1H2/q;+1;;/p-1. The Morgan fingerprint density at radius 3 is 2.22 bits per heavy atom. The molecule has 0 fully saturated rings. The number of rotatable bonds is 4. The zero-order chi connectivity index (χ0) is 11.3. The van der Waals surface area contributed by atoms with Crippen LogP contribution in [0.3, 0.4) is 0 Å². The minimum atomic E-state index is -4.39. The molecule has 0 aliphatic heterocycles. The summed E-state index contributed by atoms with van der Waals surface area (Å²) in [5, 5.41) is 0. The Labute approximate surface area is 126 Å². The molecule has 1 aromatic heterocycles. The monoisotopic (exact) mass is 289 g/mol. The summed E-state index contributed by atoms with van der Waals surface area (Å²) >= 11 is 0. The van der Waals surface area contributed by atoms with Gasteiger partial charge in [0.15, 0.2) is 0 Å². The predicted octanol–water partition coefficient (Wildman–Crippen LogP) is -5.83. The first-order valence-electron chi connectivity index (χ1n) is 3.86. The van der Waals surface area contributed by atoms with Crippen LogP contribution >= 0.6 is 0 Å². The van der Waals surface area contributed by atoms with Crippen LogP contribution in [0.2, 0.25) is 0 Å². The molecule has 9 nitrogen and oxygen atoms in total. The number of pyridine rings is 1. The van der Waals surface area contributed by atoms with Gasteiger partial charge in [-0.2, -0.15) is 0 Å². The van der Waals surface area contributed by atoms with Gasteiger partial charge in [-0.05, 0) is 12.1 Å². The van der Waals surface area contributed by atoms with Crippen molar-refractivity contribution >= 4 is 16.0 Å². The smallest absolute Gasteiger partial charge is 0.747 e. The molecule has 0 aromatic carbocycles. The maximum Gasteiger partial charge on any atom is 1.00 e. The Balaban J connectivity index is -0.000000750. The van der Waals surface area contributed by atoms with Crippen LogP contribution < -0.4 is 40.4 Å². The number of carbonyl (C=O) groups excluding carboxylic acids is 1. The van der Waals surface area contributed by atoms with Gasteiger partial charge in [-0.25, -0.2) is 13.8 Å². The van der Waals surface area contributed by atoms with Gasteiger partial charge < -0.3 is 15.5 Å². The minimum absolute atomic E-state index is 0. The van der Waals surface area contributed by atoms with Gasteiger partial charge in [0.25, 0.3) is 5.91 Å². The van der Waals surface area contributed by atoms with Gasteiger partial charge in [0.1, 0.15) is 16.0 Å². The largest absolute Gasteiger partial charge is 1.00 e. The van der Waals surface area contributed by atoms with Gasteiger partial charge >= 0.3 is 29.6 Å². The van der Waals surface area contributed by atoms with Gasteiger partial charge in [-0.15, -0.1) is 0 Å². The molecule has 0 aliphatic rings. The van der Waals surface area contributed by atoms with E-state index in [9.17, 15) is 17.8 Å². The number of hydrazine groups is 1. The molecule has 0 aliphatic carbocycles. The number of nitrogens with one attached hydrogen (secondary N) is 2. The van der Waals surface area contributed by atoms with Gasteiger partial charge in [-0.1, -0.05) is 0 Å². The van der Waals surface area contributed by atoms with E-state index in [4.69, 9.17) is 0 Å². The van der Waals surface area contributed by atoms with Crippen molar-refractivity contribution in [3.05, 3.63) is 30.1 Å². The van der Waals surface area contributed by atoms with Crippen molar-refractivity contribution in [2.75, 3.05) is 5.88 Å². The van der Waals surface area contributed by atoms with Crippen LogP contribution in [0.5, 0.6) is 0 Å². The molecule has 0 atom stereocenters. The third-order valence-corrected chi connectivity index (χ3v) is 1.89. The van der Waals surface area contributed by atoms with E-state index in [-0.39, 0.29) is 40.5 Å². The molecule has 1 amide bonds. The summed E-state index contributed by atoms with van der Waals surface area (Å²) in [6.07, 6.45) is 2.83. The molecular weight excluding hydrogens is 277 g/mol. The average molecular weight is 289 g/mol. The van der Waals surface area contributed by atoms with Crippen molar-refractivity contribution in [1.29, 1.82) is 0 Å². The Morgan fingerprint density at radius 1 is 1.28 bits per heavy atom. The maximum atomic E-state index is 11.2. The molecule has 11 heteroatoms. The van der Waals surface area contributed by atoms with E-state index in [1.807, 2.05) is 5.43 Å². The third kappa shape index (κ3) is 9.44. The summed E-state index contributed by atoms with van der Waals surface area (Å²) in [6.45, 7) is 0. The first-order valence-corrected chi connectivity index (χ1v) is 5.43. The Morgan fingerprint density at radius 2 is 1.78 bits per heavy atom. The molecule has 0 saturated heterocycles. The van der Waals surface area contributed by atoms with Gasteiger partial charge in [0.05, 0.1) is 0 Å². The SMILES string of the molecule is O.O.O=C(NNCS(=O)(=O)[O-])c1ccncc1.[Na+]. The van der Waals surface area contributed by atoms with Crippen molar-refractivity contribution in [3.8, 4) is 0 Å². The van der Waals surface area contributed by atoms with E-state index in [0.717, 1.165) is 0 Å². The fourth-order valence-corrected chi connectivity index (χ4v) is 1.03. The summed E-state index contributed by atoms with van der Waals surface area (Å²) in [7, 11) is -4.39. The minimum Gasteiger partial charge on any atom is -0.747 e. The molecule has 0 spiro atoms. The fraction of sp³-hybridized carbons (Fsp3) is 0.143. The number of carbonyl (C=O) groups is 1. The van der Waals surface area contributed by atoms with E-state index in [0.29, 0.717) is 5.56 Å². The van der Waals surface area contributed by atoms with Crippen molar-refractivity contribution in [1.82, 2.24) is 15.8 Å². The van der Waals surface area contributed by atoms with Crippen molar-refractivity contribution in [3.63, 3.8) is 0 Å². The summed E-state index contributed by atoms with van der Waals surface area (Å²) in [5.74, 6) is -1.40. The maximum absolute atomic E-state index is 11.2. The zero-order valence-corrected chi connectivity index (χ0v) is 12.3. The number of hydrogen-bond acceptors (Lipinski definition) is 6. The van der Waals surface area contributed by atoms with Crippen LogP contribution in [-0.2, 0) is 10.1 Å². The topological polar surface area (TPSA) is 174 Å². The van der Waals surface area contributed by atoms with Crippen LogP contribution in [-0.4, -0.2) is 40.7 Å². The number of amides is 1. The van der Waals surface area contributed by atoms with Crippen molar-refractivity contribution in [2.24, 2.45) is 0 Å². The zero-order valence-electron chi connectivity index (χ0n) is 9.50. The van der Waals surface area contributed by atoms with Gasteiger partial charge in [0, 0.05) is 18.0 Å². The Bertz CT molecular complexity index is 440. The Kier molecular flexibility index (Phi) is 13.0. The molecular formula is C7H12N3NaO6S. The second-order valence-corrected chi connectivity index (χ2v) is 3.97. The molecule has 6 N–H and O–H groups in total. The average Bonchev–Trinajstić information content (AvgIpc) is 2.17. The van der Waals surface area contributed by atoms with Gasteiger partial charge in [0.2, 0.25) is 0 Å². The first kappa shape index (κ1) is 22.6.